The van der Waals surface area contributed by atoms with Gasteiger partial charge in [-0.25, -0.2) is 18.4 Å². The van der Waals surface area contributed by atoms with Crippen LogP contribution in [-0.2, 0) is 22.9 Å². The molecule has 0 bridgehead atoms. The molecule has 0 atom stereocenters. The molecule has 0 aromatic carbocycles. The second-order valence-electron chi connectivity index (χ2n) is 7.14. The van der Waals surface area contributed by atoms with Crippen molar-refractivity contribution in [2.75, 3.05) is 37.3 Å². The smallest absolute Gasteiger partial charge is 0.227 e. The molecule has 1 aliphatic rings. The predicted molar refractivity (Wildman–Crippen MR) is 99.7 cm³/mol. The molecule has 26 heavy (non-hydrogen) atoms. The van der Waals surface area contributed by atoms with Crippen molar-refractivity contribution in [1.82, 2.24) is 24.4 Å². The fourth-order valence-electron chi connectivity index (χ4n) is 3.19. The lowest BCUT2D eigenvalue weighted by molar-refractivity contribution is 0.241. The maximum Gasteiger partial charge on any atom is 0.227 e. The zero-order chi connectivity index (χ0) is 18.7. The minimum Gasteiger partial charge on any atom is -0.353 e. The summed E-state index contributed by atoms with van der Waals surface area (Å²) >= 11 is 0. The summed E-state index contributed by atoms with van der Waals surface area (Å²) < 4.78 is 25.9. The maximum atomic E-state index is 12.0. The second kappa shape index (κ2) is 7.71. The highest BCUT2D eigenvalue weighted by Crippen LogP contribution is 2.18. The highest BCUT2D eigenvalue weighted by Gasteiger charge is 2.23. The molecule has 0 amide bonds. The van der Waals surface area contributed by atoms with Crippen LogP contribution >= 0.6 is 0 Å². The van der Waals surface area contributed by atoms with Crippen LogP contribution in [0, 0.1) is 5.92 Å². The summed E-state index contributed by atoms with van der Waals surface area (Å²) in [6.45, 7) is 9.02. The van der Waals surface area contributed by atoms with Crippen molar-refractivity contribution < 1.29 is 8.42 Å². The molecule has 3 rings (SSSR count). The van der Waals surface area contributed by atoms with Gasteiger partial charge in [0.1, 0.15) is 5.82 Å². The molecule has 142 valence electrons. The van der Waals surface area contributed by atoms with Crippen LogP contribution in [-0.4, -0.2) is 65.3 Å². The van der Waals surface area contributed by atoms with Gasteiger partial charge in [0.2, 0.25) is 15.0 Å². The van der Waals surface area contributed by atoms with Crippen LogP contribution in [0.25, 0.3) is 0 Å². The Morgan fingerprint density at radius 2 is 1.81 bits per heavy atom. The summed E-state index contributed by atoms with van der Waals surface area (Å²) in [6.07, 6.45) is 8.09. The molecule has 0 N–H and O–H groups in total. The van der Waals surface area contributed by atoms with E-state index in [0.29, 0.717) is 19.0 Å². The molecule has 2 aromatic heterocycles. The van der Waals surface area contributed by atoms with E-state index in [4.69, 9.17) is 0 Å². The predicted octanol–water partition coefficient (Wildman–Crippen LogP) is 1.05. The van der Waals surface area contributed by atoms with Crippen LogP contribution in [0.1, 0.15) is 19.5 Å². The first-order valence-electron chi connectivity index (χ1n) is 8.82. The van der Waals surface area contributed by atoms with Crippen LogP contribution in [0.2, 0.25) is 0 Å². The van der Waals surface area contributed by atoms with Gasteiger partial charge in [0, 0.05) is 57.9 Å². The van der Waals surface area contributed by atoms with Gasteiger partial charge in [-0.3, -0.25) is 9.88 Å². The highest BCUT2D eigenvalue weighted by atomic mass is 32.2. The monoisotopic (exact) mass is 378 g/mol. The lowest BCUT2D eigenvalue weighted by Crippen LogP contribution is -2.46. The van der Waals surface area contributed by atoms with E-state index in [-0.39, 0.29) is 5.16 Å². The topological polar surface area (TPSA) is 84.2 Å². The highest BCUT2D eigenvalue weighted by molar-refractivity contribution is 7.90. The molecule has 1 fully saturated rings. The molecule has 1 aliphatic heterocycles. The maximum absolute atomic E-state index is 12.0. The van der Waals surface area contributed by atoms with Crippen molar-refractivity contribution in [3.05, 3.63) is 30.5 Å². The van der Waals surface area contributed by atoms with E-state index < -0.39 is 9.84 Å². The van der Waals surface area contributed by atoms with Crippen molar-refractivity contribution in [2.45, 2.75) is 32.1 Å². The van der Waals surface area contributed by atoms with Gasteiger partial charge in [-0.1, -0.05) is 13.8 Å². The van der Waals surface area contributed by atoms with Gasteiger partial charge in [0.25, 0.3) is 0 Å². The first kappa shape index (κ1) is 18.8. The third kappa shape index (κ3) is 4.39. The number of anilines is 1. The quantitative estimate of drug-likeness (QED) is 0.743. The Balaban J connectivity index is 1.69. The van der Waals surface area contributed by atoms with Gasteiger partial charge in [-0.2, -0.15) is 0 Å². The van der Waals surface area contributed by atoms with Gasteiger partial charge in [0.15, 0.2) is 0 Å². The van der Waals surface area contributed by atoms with Crippen LogP contribution in [0.3, 0.4) is 0 Å². The van der Waals surface area contributed by atoms with Crippen molar-refractivity contribution in [2.24, 2.45) is 5.92 Å². The molecule has 0 aliphatic carbocycles. The van der Waals surface area contributed by atoms with Crippen LogP contribution < -0.4 is 4.90 Å². The molecular weight excluding hydrogens is 352 g/mol. The molecule has 0 unspecified atom stereocenters. The number of piperazine rings is 1. The van der Waals surface area contributed by atoms with Crippen LogP contribution in [0.5, 0.6) is 0 Å². The van der Waals surface area contributed by atoms with Crippen molar-refractivity contribution in [3.63, 3.8) is 0 Å². The Labute approximate surface area is 154 Å². The second-order valence-corrected chi connectivity index (χ2v) is 9.05. The van der Waals surface area contributed by atoms with Gasteiger partial charge >= 0.3 is 0 Å². The van der Waals surface area contributed by atoms with E-state index >= 15 is 0 Å². The fraction of sp³-hybridized carbons (Fsp3) is 0.588. The minimum atomic E-state index is -3.33. The van der Waals surface area contributed by atoms with Crippen molar-refractivity contribution in [1.29, 1.82) is 0 Å². The largest absolute Gasteiger partial charge is 0.353 e. The normalized spacial score (nSPS) is 16.4. The van der Waals surface area contributed by atoms with Crippen molar-refractivity contribution >= 4 is 15.7 Å². The van der Waals surface area contributed by atoms with Gasteiger partial charge in [0.05, 0.1) is 18.1 Å². The molecule has 3 heterocycles. The summed E-state index contributed by atoms with van der Waals surface area (Å²) in [5, 5.41) is 0.166. The number of sulfone groups is 1. The van der Waals surface area contributed by atoms with E-state index in [2.05, 4.69) is 38.6 Å². The van der Waals surface area contributed by atoms with E-state index in [1.807, 2.05) is 4.57 Å². The third-order valence-electron chi connectivity index (χ3n) is 4.41. The Morgan fingerprint density at radius 1 is 1.08 bits per heavy atom. The van der Waals surface area contributed by atoms with Crippen molar-refractivity contribution in [3.8, 4) is 0 Å². The average Bonchev–Trinajstić information content (AvgIpc) is 2.98. The lowest BCUT2D eigenvalue weighted by Gasteiger charge is -2.35. The summed E-state index contributed by atoms with van der Waals surface area (Å²) in [7, 11) is -3.33. The number of hydrogen-bond donors (Lipinski definition) is 0. The molecule has 1 saturated heterocycles. The number of imidazole rings is 1. The van der Waals surface area contributed by atoms with E-state index in [9.17, 15) is 8.42 Å². The number of rotatable bonds is 6. The third-order valence-corrected chi connectivity index (χ3v) is 5.40. The zero-order valence-corrected chi connectivity index (χ0v) is 16.4. The molecule has 2 aromatic rings. The summed E-state index contributed by atoms with van der Waals surface area (Å²) in [5.41, 5.74) is 0.951. The molecule has 8 nitrogen and oxygen atoms in total. The Hall–Kier alpha value is -2.00. The average molecular weight is 379 g/mol. The van der Waals surface area contributed by atoms with E-state index in [1.54, 1.807) is 24.8 Å². The number of nitrogens with zero attached hydrogens (tertiary/aromatic N) is 6. The Bertz CT molecular complexity index is 826. The van der Waals surface area contributed by atoms with Crippen LogP contribution in [0.15, 0.2) is 29.9 Å². The molecule has 9 heteroatoms. The summed E-state index contributed by atoms with van der Waals surface area (Å²) in [6, 6.07) is 0. The van der Waals surface area contributed by atoms with Crippen LogP contribution in [0.4, 0.5) is 5.82 Å². The zero-order valence-electron chi connectivity index (χ0n) is 15.5. The molecule has 0 spiro atoms. The Kier molecular flexibility index (Phi) is 5.57. The SMILES string of the molecule is CC(C)Cn1c(CN2CCN(c3cnccn3)CC2)cnc1S(C)(=O)=O. The molecule has 0 saturated carbocycles. The standard InChI is InChI=1S/C17H26N6O2S/c1-14(2)12-23-15(10-20-17(23)26(3,24)25)13-21-6-8-22(9-7-21)16-11-18-4-5-19-16/h4-5,10-11,14H,6-9,12-13H2,1-3H3. The van der Waals surface area contributed by atoms with E-state index in [0.717, 1.165) is 37.7 Å². The first-order chi connectivity index (χ1) is 12.3. The summed E-state index contributed by atoms with van der Waals surface area (Å²) in [5.74, 6) is 1.24. The molecule has 0 radical (unpaired) electrons. The lowest BCUT2D eigenvalue weighted by atomic mass is 10.2. The summed E-state index contributed by atoms with van der Waals surface area (Å²) in [4.78, 5) is 17.2. The van der Waals surface area contributed by atoms with Gasteiger partial charge in [-0.15, -0.1) is 0 Å². The van der Waals surface area contributed by atoms with Gasteiger partial charge < -0.3 is 9.47 Å². The fourth-order valence-corrected chi connectivity index (χ4v) is 4.03. The first-order valence-corrected chi connectivity index (χ1v) is 10.7. The minimum absolute atomic E-state index is 0.166. The Morgan fingerprint density at radius 3 is 2.38 bits per heavy atom. The van der Waals surface area contributed by atoms with E-state index in [1.165, 1.54) is 6.26 Å². The molecular formula is C17H26N6O2S. The van der Waals surface area contributed by atoms with Gasteiger partial charge in [-0.05, 0) is 5.92 Å². The number of aromatic nitrogens is 4. The number of hydrogen-bond acceptors (Lipinski definition) is 7.